The van der Waals surface area contributed by atoms with Gasteiger partial charge < -0.3 is 15.4 Å². The first-order valence-corrected chi connectivity index (χ1v) is 10.4. The van der Waals surface area contributed by atoms with Crippen LogP contribution in [-0.2, 0) is 11.2 Å². The van der Waals surface area contributed by atoms with Crippen LogP contribution < -0.4 is 15.4 Å². The van der Waals surface area contributed by atoms with Crippen LogP contribution >= 0.6 is 0 Å². The third-order valence-electron chi connectivity index (χ3n) is 5.21. The van der Waals surface area contributed by atoms with E-state index in [4.69, 9.17) is 4.74 Å². The highest BCUT2D eigenvalue weighted by Gasteiger charge is 2.18. The van der Waals surface area contributed by atoms with Crippen molar-refractivity contribution in [1.82, 2.24) is 0 Å². The van der Waals surface area contributed by atoms with Crippen LogP contribution in [0.4, 0.5) is 11.4 Å². The van der Waals surface area contributed by atoms with Crippen molar-refractivity contribution in [1.29, 1.82) is 0 Å². The minimum atomic E-state index is -0.719. The average molecular weight is 417 g/mol. The maximum Gasteiger partial charge on any atom is 0.265 e. The van der Waals surface area contributed by atoms with Crippen LogP contribution in [0.15, 0.2) is 66.7 Å². The molecule has 0 radical (unpaired) electrons. The zero-order valence-corrected chi connectivity index (χ0v) is 18.4. The lowest BCUT2D eigenvalue weighted by Crippen LogP contribution is -2.31. The number of rotatable bonds is 7. The molecule has 0 fully saturated rings. The van der Waals surface area contributed by atoms with E-state index in [9.17, 15) is 9.59 Å². The van der Waals surface area contributed by atoms with Gasteiger partial charge in [-0.05, 0) is 80.3 Å². The Balaban J connectivity index is 1.69. The maximum absolute atomic E-state index is 12.8. The van der Waals surface area contributed by atoms with Crippen molar-refractivity contribution < 1.29 is 14.3 Å². The van der Waals surface area contributed by atoms with Gasteiger partial charge in [-0.1, -0.05) is 37.3 Å². The molecule has 0 aliphatic rings. The molecule has 5 heteroatoms. The molecule has 0 saturated carbocycles. The van der Waals surface area contributed by atoms with Gasteiger partial charge in [0.1, 0.15) is 5.75 Å². The number of carbonyl (C=O) groups excluding carboxylic acids is 2. The van der Waals surface area contributed by atoms with Gasteiger partial charge in [-0.3, -0.25) is 9.59 Å². The number of hydrogen-bond acceptors (Lipinski definition) is 3. The van der Waals surface area contributed by atoms with Crippen LogP contribution in [0, 0.1) is 13.8 Å². The average Bonchev–Trinajstić information content (AvgIpc) is 2.77. The van der Waals surface area contributed by atoms with Crippen molar-refractivity contribution in [3.63, 3.8) is 0 Å². The number of ether oxygens (including phenoxy) is 1. The van der Waals surface area contributed by atoms with Gasteiger partial charge in [0.15, 0.2) is 6.10 Å². The van der Waals surface area contributed by atoms with E-state index < -0.39 is 6.10 Å². The van der Waals surface area contributed by atoms with Crippen molar-refractivity contribution in [2.24, 2.45) is 0 Å². The summed E-state index contributed by atoms with van der Waals surface area (Å²) in [5.74, 6) is 0.00879. The molecule has 0 saturated heterocycles. The fraction of sp³-hybridized carbons (Fsp3) is 0.231. The molecular formula is C26H28N2O3. The van der Waals surface area contributed by atoms with Crippen LogP contribution in [-0.4, -0.2) is 17.9 Å². The lowest BCUT2D eigenvalue weighted by atomic mass is 10.1. The molecule has 0 bridgehead atoms. The molecule has 2 N–H and O–H groups in total. The summed E-state index contributed by atoms with van der Waals surface area (Å²) in [7, 11) is 0. The van der Waals surface area contributed by atoms with Gasteiger partial charge in [-0.15, -0.1) is 0 Å². The summed E-state index contributed by atoms with van der Waals surface area (Å²) in [6, 6.07) is 20.3. The fourth-order valence-electron chi connectivity index (χ4n) is 3.10. The van der Waals surface area contributed by atoms with Gasteiger partial charge in [0.2, 0.25) is 0 Å². The minimum absolute atomic E-state index is 0.289. The molecule has 1 unspecified atom stereocenters. The van der Waals surface area contributed by atoms with Gasteiger partial charge in [0.05, 0.1) is 11.3 Å². The van der Waals surface area contributed by atoms with E-state index in [0.717, 1.165) is 17.5 Å². The molecule has 0 aromatic heterocycles. The van der Waals surface area contributed by atoms with Crippen LogP contribution in [0.2, 0.25) is 0 Å². The number of para-hydroxylation sites is 1. The van der Waals surface area contributed by atoms with Gasteiger partial charge in [0, 0.05) is 5.69 Å². The summed E-state index contributed by atoms with van der Waals surface area (Å²) in [5.41, 5.74) is 4.98. The first-order valence-electron chi connectivity index (χ1n) is 10.4. The second-order valence-electron chi connectivity index (χ2n) is 7.55. The van der Waals surface area contributed by atoms with E-state index in [1.54, 1.807) is 31.2 Å². The van der Waals surface area contributed by atoms with Crippen LogP contribution in [0.25, 0.3) is 0 Å². The first-order chi connectivity index (χ1) is 14.9. The molecule has 0 aliphatic heterocycles. The SMILES string of the molecule is CCc1ccc(OC(C)C(=O)Nc2ccccc2C(=O)Nc2ccc(C)c(C)c2)cc1. The van der Waals surface area contributed by atoms with E-state index in [0.29, 0.717) is 22.7 Å². The number of amides is 2. The lowest BCUT2D eigenvalue weighted by molar-refractivity contribution is -0.122. The number of carbonyl (C=O) groups is 2. The zero-order valence-electron chi connectivity index (χ0n) is 18.4. The topological polar surface area (TPSA) is 67.4 Å². The number of anilines is 2. The molecule has 3 rings (SSSR count). The highest BCUT2D eigenvalue weighted by Crippen LogP contribution is 2.20. The maximum atomic E-state index is 12.8. The van der Waals surface area contributed by atoms with E-state index in [1.807, 2.05) is 56.3 Å². The largest absolute Gasteiger partial charge is 0.481 e. The first kappa shape index (κ1) is 22.1. The molecule has 5 nitrogen and oxygen atoms in total. The Morgan fingerprint density at radius 3 is 2.29 bits per heavy atom. The van der Waals surface area contributed by atoms with Crippen molar-refractivity contribution in [3.05, 3.63) is 89.0 Å². The molecule has 0 heterocycles. The van der Waals surface area contributed by atoms with Crippen molar-refractivity contribution in [2.75, 3.05) is 10.6 Å². The van der Waals surface area contributed by atoms with E-state index in [1.165, 1.54) is 5.56 Å². The quantitative estimate of drug-likeness (QED) is 0.533. The predicted octanol–water partition coefficient (Wildman–Crippen LogP) is 5.52. The van der Waals surface area contributed by atoms with Gasteiger partial charge in [-0.2, -0.15) is 0 Å². The Labute approximate surface area is 183 Å². The Bertz CT molecular complexity index is 1070. The van der Waals surface area contributed by atoms with E-state index in [-0.39, 0.29) is 11.8 Å². The van der Waals surface area contributed by atoms with Gasteiger partial charge in [0.25, 0.3) is 11.8 Å². The third-order valence-corrected chi connectivity index (χ3v) is 5.21. The summed E-state index contributed by atoms with van der Waals surface area (Å²) in [6.07, 6.45) is 0.223. The second-order valence-corrected chi connectivity index (χ2v) is 7.55. The summed E-state index contributed by atoms with van der Waals surface area (Å²) in [6.45, 7) is 7.78. The van der Waals surface area contributed by atoms with Gasteiger partial charge >= 0.3 is 0 Å². The summed E-state index contributed by atoms with van der Waals surface area (Å²) >= 11 is 0. The molecule has 160 valence electrons. The predicted molar refractivity (Wildman–Crippen MR) is 125 cm³/mol. The minimum Gasteiger partial charge on any atom is -0.481 e. The highest BCUT2D eigenvalue weighted by molar-refractivity contribution is 6.10. The normalized spacial score (nSPS) is 11.5. The Kier molecular flexibility index (Phi) is 7.08. The molecule has 2 amide bonds. The molecule has 3 aromatic rings. The summed E-state index contributed by atoms with van der Waals surface area (Å²) in [4.78, 5) is 25.5. The molecule has 3 aromatic carbocycles. The van der Waals surface area contributed by atoms with E-state index >= 15 is 0 Å². The molecule has 0 spiro atoms. The van der Waals surface area contributed by atoms with Crippen LogP contribution in [0.5, 0.6) is 5.75 Å². The zero-order chi connectivity index (χ0) is 22.4. The van der Waals surface area contributed by atoms with Crippen molar-refractivity contribution >= 4 is 23.2 Å². The Morgan fingerprint density at radius 1 is 0.903 bits per heavy atom. The number of nitrogens with one attached hydrogen (secondary N) is 2. The van der Waals surface area contributed by atoms with E-state index in [2.05, 4.69) is 17.6 Å². The fourth-order valence-corrected chi connectivity index (χ4v) is 3.10. The lowest BCUT2D eigenvalue weighted by Gasteiger charge is -2.17. The Morgan fingerprint density at radius 2 is 1.61 bits per heavy atom. The van der Waals surface area contributed by atoms with Gasteiger partial charge in [-0.25, -0.2) is 0 Å². The molecule has 0 aliphatic carbocycles. The van der Waals surface area contributed by atoms with Crippen molar-refractivity contribution in [2.45, 2.75) is 40.2 Å². The smallest absolute Gasteiger partial charge is 0.265 e. The molecular weight excluding hydrogens is 388 g/mol. The highest BCUT2D eigenvalue weighted by atomic mass is 16.5. The summed E-state index contributed by atoms with van der Waals surface area (Å²) in [5, 5.41) is 5.71. The van der Waals surface area contributed by atoms with Crippen LogP contribution in [0.3, 0.4) is 0 Å². The standard InChI is InChI=1S/C26H28N2O3/c1-5-20-11-14-22(15-12-20)31-19(4)25(29)28-24-9-7-6-8-23(24)26(30)27-21-13-10-17(2)18(3)16-21/h6-16,19H,5H2,1-4H3,(H,27,30)(H,28,29). The monoisotopic (exact) mass is 416 g/mol. The number of aryl methyl sites for hydroxylation is 3. The second kappa shape index (κ2) is 9.94. The van der Waals surface area contributed by atoms with Crippen LogP contribution in [0.1, 0.15) is 40.9 Å². The number of benzene rings is 3. The Hall–Kier alpha value is -3.60. The third kappa shape index (κ3) is 5.72. The summed E-state index contributed by atoms with van der Waals surface area (Å²) < 4.78 is 5.76. The molecule has 1 atom stereocenters. The van der Waals surface area contributed by atoms with Crippen molar-refractivity contribution in [3.8, 4) is 5.75 Å². The number of hydrogen-bond donors (Lipinski definition) is 2. The molecule has 31 heavy (non-hydrogen) atoms.